The number of aromatic nitrogens is 2. The Hall–Kier alpha value is -2.65. The van der Waals surface area contributed by atoms with Gasteiger partial charge in [0.15, 0.2) is 12.4 Å². The Bertz CT molecular complexity index is 1120. The number of fused-ring (bicyclic) bond motifs is 1. The predicted octanol–water partition coefficient (Wildman–Crippen LogP) is 5.09. The average molecular weight is 390 g/mol. The van der Waals surface area contributed by atoms with Crippen LogP contribution < -0.4 is 4.57 Å². The summed E-state index contributed by atoms with van der Waals surface area (Å²) in [7, 11) is 0. The number of allylic oxidation sites excluding steroid dienone is 4. The van der Waals surface area contributed by atoms with Crippen LogP contribution in [0.1, 0.15) is 37.3 Å². The summed E-state index contributed by atoms with van der Waals surface area (Å²) in [6.45, 7) is 0.844. The number of Topliss-reactive ketones (excluding diaryl/α,β-unsaturated/α-hetero) is 1. The number of benzene rings is 1. The molecule has 3 nitrogen and oxygen atoms in total. The summed E-state index contributed by atoms with van der Waals surface area (Å²) < 4.78 is 4.33. The minimum atomic E-state index is -0.139. The molecule has 0 N–H and O–H groups in total. The van der Waals surface area contributed by atoms with Crippen molar-refractivity contribution in [2.45, 2.75) is 38.3 Å². The van der Waals surface area contributed by atoms with Gasteiger partial charge in [0.25, 0.3) is 0 Å². The molecule has 1 atom stereocenters. The molecule has 0 spiro atoms. The van der Waals surface area contributed by atoms with Gasteiger partial charge in [-0.2, -0.15) is 4.57 Å². The molecule has 0 aliphatic heterocycles. The highest BCUT2D eigenvalue weighted by molar-refractivity contribution is 6.30. The number of carbonyl (C=O) groups excluding carboxylic acids is 1. The first-order valence-electron chi connectivity index (χ1n) is 9.85. The number of pyridine rings is 1. The maximum Gasteiger partial charge on any atom is 0.230 e. The standard InChI is InChI=1S/C24H22ClN2O/c25-20-8-6-18-7-9-23(24(28)21(18)14-20)27-13-11-22-19(16-27)10-12-26(22)15-17-4-2-1-3-5-17/h1-5,10-14,16,23H,6-9,15H2/q+1. The van der Waals surface area contributed by atoms with Gasteiger partial charge in [-0.25, -0.2) is 0 Å². The monoisotopic (exact) mass is 389 g/mol. The summed E-state index contributed by atoms with van der Waals surface area (Å²) in [5.74, 6) is 0.201. The summed E-state index contributed by atoms with van der Waals surface area (Å²) in [6, 6.07) is 14.6. The molecule has 0 saturated carbocycles. The first-order chi connectivity index (χ1) is 13.7. The van der Waals surface area contributed by atoms with E-state index in [0.717, 1.165) is 48.2 Å². The van der Waals surface area contributed by atoms with Crippen molar-refractivity contribution in [1.29, 1.82) is 0 Å². The van der Waals surface area contributed by atoms with Crippen LogP contribution in [0.15, 0.2) is 83.3 Å². The van der Waals surface area contributed by atoms with E-state index in [1.54, 1.807) is 0 Å². The van der Waals surface area contributed by atoms with E-state index in [1.807, 2.05) is 18.3 Å². The lowest BCUT2D eigenvalue weighted by atomic mass is 9.82. The van der Waals surface area contributed by atoms with Crippen LogP contribution in [0.4, 0.5) is 0 Å². The first kappa shape index (κ1) is 17.4. The third-order valence-electron chi connectivity index (χ3n) is 5.92. The summed E-state index contributed by atoms with van der Waals surface area (Å²) in [5, 5.41) is 1.95. The van der Waals surface area contributed by atoms with E-state index < -0.39 is 0 Å². The molecule has 4 heteroatoms. The Morgan fingerprint density at radius 3 is 2.79 bits per heavy atom. The quantitative estimate of drug-likeness (QED) is 0.572. The number of nitrogens with zero attached hydrogens (tertiary/aromatic N) is 2. The van der Waals surface area contributed by atoms with Gasteiger partial charge in [-0.3, -0.25) is 4.79 Å². The average Bonchev–Trinajstić information content (AvgIpc) is 3.11. The first-order valence-corrected chi connectivity index (χ1v) is 10.2. The molecule has 140 valence electrons. The van der Waals surface area contributed by atoms with Gasteiger partial charge >= 0.3 is 0 Å². The highest BCUT2D eigenvalue weighted by Crippen LogP contribution is 2.36. The van der Waals surface area contributed by atoms with Gasteiger partial charge in [-0.15, -0.1) is 0 Å². The third-order valence-corrected chi connectivity index (χ3v) is 6.22. The number of ketones is 1. The van der Waals surface area contributed by atoms with Crippen LogP contribution in [0.3, 0.4) is 0 Å². The molecular formula is C24H22ClN2O+. The molecule has 28 heavy (non-hydrogen) atoms. The van der Waals surface area contributed by atoms with Crippen LogP contribution in [0, 0.1) is 0 Å². The van der Waals surface area contributed by atoms with Gasteiger partial charge in [-0.05, 0) is 37.0 Å². The van der Waals surface area contributed by atoms with Crippen molar-refractivity contribution in [3.8, 4) is 0 Å². The van der Waals surface area contributed by atoms with Crippen LogP contribution >= 0.6 is 11.6 Å². The van der Waals surface area contributed by atoms with Gasteiger partial charge in [0.05, 0.1) is 10.9 Å². The van der Waals surface area contributed by atoms with Crippen LogP contribution in [0.5, 0.6) is 0 Å². The molecule has 2 aliphatic carbocycles. The Balaban J connectivity index is 1.45. The van der Waals surface area contributed by atoms with Gasteiger partial charge < -0.3 is 4.57 Å². The SMILES string of the molecule is O=C1C2=C(CCC(Cl)=C2)CCC1[n+]1ccc2c(ccn2Cc2ccccc2)c1. The van der Waals surface area contributed by atoms with Crippen LogP contribution in [-0.2, 0) is 11.3 Å². The second-order valence-electron chi connectivity index (χ2n) is 7.69. The molecule has 2 aliphatic rings. The minimum absolute atomic E-state index is 0.139. The second kappa shape index (κ2) is 7.06. The zero-order valence-corrected chi connectivity index (χ0v) is 16.4. The van der Waals surface area contributed by atoms with E-state index in [2.05, 4.69) is 57.9 Å². The van der Waals surface area contributed by atoms with Gasteiger partial charge in [0, 0.05) is 35.8 Å². The molecular weight excluding hydrogens is 368 g/mol. The number of carbonyl (C=O) groups is 1. The zero-order valence-electron chi connectivity index (χ0n) is 15.6. The van der Waals surface area contributed by atoms with E-state index in [9.17, 15) is 4.79 Å². The van der Waals surface area contributed by atoms with Gasteiger partial charge in [-0.1, -0.05) is 47.5 Å². The molecule has 0 bridgehead atoms. The van der Waals surface area contributed by atoms with E-state index in [1.165, 1.54) is 16.7 Å². The van der Waals surface area contributed by atoms with Crippen molar-refractivity contribution < 1.29 is 9.36 Å². The lowest BCUT2D eigenvalue weighted by Crippen LogP contribution is -2.45. The van der Waals surface area contributed by atoms with Crippen LogP contribution in [0.2, 0.25) is 0 Å². The van der Waals surface area contributed by atoms with Crippen molar-refractivity contribution in [3.63, 3.8) is 0 Å². The third kappa shape index (κ3) is 3.10. The fourth-order valence-corrected chi connectivity index (χ4v) is 4.63. The van der Waals surface area contributed by atoms with E-state index in [0.29, 0.717) is 0 Å². The molecule has 1 unspecified atom stereocenters. The van der Waals surface area contributed by atoms with Gasteiger partial charge in [0.2, 0.25) is 11.8 Å². The normalized spacial score (nSPS) is 19.7. The molecule has 0 amide bonds. The highest BCUT2D eigenvalue weighted by Gasteiger charge is 2.36. The van der Waals surface area contributed by atoms with Crippen LogP contribution in [-0.4, -0.2) is 10.4 Å². The van der Waals surface area contributed by atoms with E-state index >= 15 is 0 Å². The smallest absolute Gasteiger partial charge is 0.230 e. The number of hydrogen-bond donors (Lipinski definition) is 0. The maximum absolute atomic E-state index is 13.1. The largest absolute Gasteiger partial charge is 0.343 e. The van der Waals surface area contributed by atoms with Crippen molar-refractivity contribution in [2.75, 3.05) is 0 Å². The van der Waals surface area contributed by atoms with Crippen molar-refractivity contribution >= 4 is 28.3 Å². The number of rotatable bonds is 3. The molecule has 1 aromatic carbocycles. The van der Waals surface area contributed by atoms with E-state index in [-0.39, 0.29) is 11.8 Å². The second-order valence-corrected chi connectivity index (χ2v) is 8.17. The summed E-state index contributed by atoms with van der Waals surface area (Å²) in [4.78, 5) is 13.1. The predicted molar refractivity (Wildman–Crippen MR) is 111 cm³/mol. The molecule has 0 fully saturated rings. The Labute approximate surface area is 169 Å². The van der Waals surface area contributed by atoms with Crippen molar-refractivity contribution in [1.82, 2.24) is 4.57 Å². The molecule has 3 aromatic rings. The van der Waals surface area contributed by atoms with Crippen LogP contribution in [0.25, 0.3) is 10.9 Å². The zero-order chi connectivity index (χ0) is 19.1. The lowest BCUT2D eigenvalue weighted by Gasteiger charge is -2.24. The Morgan fingerprint density at radius 1 is 1.07 bits per heavy atom. The van der Waals surface area contributed by atoms with Crippen molar-refractivity contribution in [2.24, 2.45) is 0 Å². The fraction of sp³-hybridized carbons (Fsp3) is 0.250. The molecule has 0 radical (unpaired) electrons. The highest BCUT2D eigenvalue weighted by atomic mass is 35.5. The summed E-state index contributed by atoms with van der Waals surface area (Å²) in [5.41, 5.74) is 4.59. The minimum Gasteiger partial charge on any atom is -0.343 e. The number of hydrogen-bond acceptors (Lipinski definition) is 1. The Kier molecular flexibility index (Phi) is 4.40. The Morgan fingerprint density at radius 2 is 1.93 bits per heavy atom. The maximum atomic E-state index is 13.1. The van der Waals surface area contributed by atoms with Gasteiger partial charge in [0.1, 0.15) is 0 Å². The topological polar surface area (TPSA) is 25.9 Å². The summed E-state index contributed by atoms with van der Waals surface area (Å²) >= 11 is 6.21. The molecule has 0 saturated heterocycles. The lowest BCUT2D eigenvalue weighted by molar-refractivity contribution is -0.708. The van der Waals surface area contributed by atoms with E-state index in [4.69, 9.17) is 11.6 Å². The fourth-order valence-electron chi connectivity index (χ4n) is 4.42. The molecule has 5 rings (SSSR count). The molecule has 2 heterocycles. The molecule has 2 aromatic heterocycles. The number of halogens is 1. The summed E-state index contributed by atoms with van der Waals surface area (Å²) in [6.07, 6.45) is 11.8. The van der Waals surface area contributed by atoms with Crippen molar-refractivity contribution in [3.05, 3.63) is 88.9 Å².